The predicted octanol–water partition coefficient (Wildman–Crippen LogP) is 4.25. The number of aromatic nitrogens is 2. The summed E-state index contributed by atoms with van der Waals surface area (Å²) >= 11 is 0. The van der Waals surface area contributed by atoms with Gasteiger partial charge in [-0.2, -0.15) is 5.10 Å². The number of hydrogen-bond donors (Lipinski definition) is 1. The van der Waals surface area contributed by atoms with Crippen LogP contribution in [0.15, 0.2) is 108 Å². The van der Waals surface area contributed by atoms with Crippen LogP contribution in [0, 0.1) is 0 Å². The highest BCUT2D eigenvalue weighted by Gasteiger charge is 2.14. The van der Waals surface area contributed by atoms with Crippen LogP contribution in [0.2, 0.25) is 0 Å². The summed E-state index contributed by atoms with van der Waals surface area (Å²) in [5.74, 6) is -0.0513. The van der Waals surface area contributed by atoms with Crippen molar-refractivity contribution in [2.45, 2.75) is 18.9 Å². The van der Waals surface area contributed by atoms with Gasteiger partial charge in [0.25, 0.3) is 5.56 Å². The molecule has 0 saturated carbocycles. The van der Waals surface area contributed by atoms with Crippen molar-refractivity contribution in [3.8, 4) is 11.3 Å². The Bertz CT molecular complexity index is 1170. The Morgan fingerprint density at radius 1 is 0.781 bits per heavy atom. The number of carbonyl (C=O) groups is 1. The number of carbonyl (C=O) groups excluding carboxylic acids is 1. The third-order valence-electron chi connectivity index (χ3n) is 5.39. The van der Waals surface area contributed by atoms with Crippen molar-refractivity contribution in [1.82, 2.24) is 15.1 Å². The smallest absolute Gasteiger partial charge is 0.267 e. The molecule has 0 aliphatic heterocycles. The molecule has 32 heavy (non-hydrogen) atoms. The highest BCUT2D eigenvalue weighted by Crippen LogP contribution is 2.27. The van der Waals surface area contributed by atoms with Crippen LogP contribution in [0.3, 0.4) is 0 Å². The molecule has 1 N–H and O–H groups in total. The van der Waals surface area contributed by atoms with Crippen LogP contribution >= 0.6 is 0 Å². The second kappa shape index (κ2) is 10.4. The number of nitrogens with zero attached hydrogens (tertiary/aromatic N) is 2. The molecule has 1 heterocycles. The molecule has 5 heteroatoms. The van der Waals surface area contributed by atoms with Gasteiger partial charge in [0.05, 0.1) is 5.69 Å². The largest absolute Gasteiger partial charge is 0.354 e. The van der Waals surface area contributed by atoms with Crippen LogP contribution in [0.4, 0.5) is 0 Å². The van der Waals surface area contributed by atoms with Crippen LogP contribution in [0.1, 0.15) is 23.5 Å². The van der Waals surface area contributed by atoms with Gasteiger partial charge in [0, 0.05) is 24.1 Å². The maximum atomic E-state index is 12.6. The van der Waals surface area contributed by atoms with Gasteiger partial charge in [0.15, 0.2) is 0 Å². The van der Waals surface area contributed by atoms with Crippen molar-refractivity contribution in [2.75, 3.05) is 6.54 Å². The van der Waals surface area contributed by atoms with Gasteiger partial charge in [-0.05, 0) is 23.6 Å². The van der Waals surface area contributed by atoms with Gasteiger partial charge in [-0.15, -0.1) is 0 Å². The molecule has 0 aliphatic rings. The number of rotatable bonds is 8. The fourth-order valence-electron chi connectivity index (χ4n) is 3.77. The van der Waals surface area contributed by atoms with Gasteiger partial charge in [0.2, 0.25) is 5.91 Å². The number of amides is 1. The molecule has 0 unspecified atom stereocenters. The number of hydrogen-bond acceptors (Lipinski definition) is 3. The van der Waals surface area contributed by atoms with Gasteiger partial charge in [0.1, 0.15) is 6.54 Å². The molecule has 4 aromatic rings. The highest BCUT2D eigenvalue weighted by atomic mass is 16.2. The Morgan fingerprint density at radius 3 is 1.94 bits per heavy atom. The van der Waals surface area contributed by atoms with Crippen molar-refractivity contribution in [1.29, 1.82) is 0 Å². The zero-order valence-corrected chi connectivity index (χ0v) is 17.7. The lowest BCUT2D eigenvalue weighted by Gasteiger charge is -2.18. The first-order valence-electron chi connectivity index (χ1n) is 10.7. The zero-order chi connectivity index (χ0) is 22.2. The molecule has 0 fully saturated rings. The van der Waals surface area contributed by atoms with Crippen LogP contribution in [0.5, 0.6) is 0 Å². The summed E-state index contributed by atoms with van der Waals surface area (Å²) in [4.78, 5) is 24.8. The lowest BCUT2D eigenvalue weighted by Crippen LogP contribution is -2.34. The van der Waals surface area contributed by atoms with E-state index in [1.54, 1.807) is 6.07 Å². The minimum Gasteiger partial charge on any atom is -0.354 e. The number of benzene rings is 3. The minimum absolute atomic E-state index is 0.110. The summed E-state index contributed by atoms with van der Waals surface area (Å²) in [6.45, 7) is 0.390. The molecule has 0 spiro atoms. The summed E-state index contributed by atoms with van der Waals surface area (Å²) < 4.78 is 1.21. The monoisotopic (exact) mass is 423 g/mol. The summed E-state index contributed by atoms with van der Waals surface area (Å²) in [5.41, 5.74) is 3.68. The highest BCUT2D eigenvalue weighted by molar-refractivity contribution is 5.75. The van der Waals surface area contributed by atoms with Crippen molar-refractivity contribution < 1.29 is 4.79 Å². The third-order valence-corrected chi connectivity index (χ3v) is 5.39. The molecule has 0 saturated heterocycles. The van der Waals surface area contributed by atoms with Gasteiger partial charge >= 0.3 is 0 Å². The van der Waals surface area contributed by atoms with Crippen molar-refractivity contribution >= 4 is 5.91 Å². The molecule has 160 valence electrons. The van der Waals surface area contributed by atoms with Crippen molar-refractivity contribution in [2.24, 2.45) is 0 Å². The molecule has 0 aliphatic carbocycles. The number of nitrogens with one attached hydrogen (secondary N) is 1. The van der Waals surface area contributed by atoms with Crippen LogP contribution < -0.4 is 10.9 Å². The van der Waals surface area contributed by atoms with Crippen LogP contribution in [-0.4, -0.2) is 22.2 Å². The van der Waals surface area contributed by atoms with E-state index in [-0.39, 0.29) is 23.9 Å². The normalized spacial score (nSPS) is 10.8. The van der Waals surface area contributed by atoms with E-state index in [0.29, 0.717) is 12.2 Å². The van der Waals surface area contributed by atoms with Gasteiger partial charge < -0.3 is 5.32 Å². The molecule has 1 amide bonds. The van der Waals surface area contributed by atoms with Crippen molar-refractivity contribution in [3.05, 3.63) is 125 Å². The minimum atomic E-state index is -0.300. The topological polar surface area (TPSA) is 64.0 Å². The van der Waals surface area contributed by atoms with E-state index in [1.807, 2.05) is 66.7 Å². The van der Waals surface area contributed by atoms with E-state index < -0.39 is 0 Å². The predicted molar refractivity (Wildman–Crippen MR) is 126 cm³/mol. The fourth-order valence-corrected chi connectivity index (χ4v) is 3.77. The average Bonchev–Trinajstić information content (AvgIpc) is 2.85. The van der Waals surface area contributed by atoms with Gasteiger partial charge in [-0.3, -0.25) is 9.59 Å². The molecule has 0 bridgehead atoms. The molecule has 1 aromatic heterocycles. The molecule has 4 rings (SSSR count). The summed E-state index contributed by atoms with van der Waals surface area (Å²) in [5, 5.41) is 7.31. The van der Waals surface area contributed by atoms with E-state index in [1.165, 1.54) is 21.9 Å². The molecular formula is C27H25N3O2. The van der Waals surface area contributed by atoms with Crippen molar-refractivity contribution in [3.63, 3.8) is 0 Å². The second-order valence-corrected chi connectivity index (χ2v) is 7.59. The maximum absolute atomic E-state index is 12.6. The molecule has 5 nitrogen and oxygen atoms in total. The van der Waals surface area contributed by atoms with E-state index in [4.69, 9.17) is 0 Å². The summed E-state index contributed by atoms with van der Waals surface area (Å²) in [6.07, 6.45) is 0.756. The van der Waals surface area contributed by atoms with Crippen LogP contribution in [-0.2, 0) is 11.3 Å². The quantitative estimate of drug-likeness (QED) is 0.461. The van der Waals surface area contributed by atoms with E-state index in [9.17, 15) is 9.59 Å². The molecular weight excluding hydrogens is 398 g/mol. The second-order valence-electron chi connectivity index (χ2n) is 7.59. The molecule has 3 aromatic carbocycles. The van der Waals surface area contributed by atoms with Gasteiger partial charge in [-0.1, -0.05) is 91.0 Å². The summed E-state index contributed by atoms with van der Waals surface area (Å²) in [7, 11) is 0. The lowest BCUT2D eigenvalue weighted by atomic mass is 9.88. The van der Waals surface area contributed by atoms with Crippen LogP contribution in [0.25, 0.3) is 11.3 Å². The fraction of sp³-hybridized carbons (Fsp3) is 0.148. The first-order chi connectivity index (χ1) is 15.7. The van der Waals surface area contributed by atoms with E-state index in [2.05, 4.69) is 34.7 Å². The first-order valence-corrected chi connectivity index (χ1v) is 10.7. The zero-order valence-electron chi connectivity index (χ0n) is 17.7. The Hall–Kier alpha value is -3.99. The van der Waals surface area contributed by atoms with E-state index >= 15 is 0 Å². The third kappa shape index (κ3) is 5.38. The molecule has 0 radical (unpaired) electrons. The molecule has 0 atom stereocenters. The Labute approximate surface area is 187 Å². The first kappa shape index (κ1) is 21.2. The van der Waals surface area contributed by atoms with E-state index in [0.717, 1.165) is 12.0 Å². The Kier molecular flexibility index (Phi) is 6.88. The average molecular weight is 424 g/mol. The standard InChI is InChI=1S/C27H25N3O2/c31-26(20-30-27(32)17-16-25(29-30)23-14-8-3-9-15-23)28-19-18-24(21-10-4-1-5-11-21)22-12-6-2-7-13-22/h1-17,24H,18-20H2,(H,28,31). The Balaban J connectivity index is 1.41. The SMILES string of the molecule is O=C(Cn1nc(-c2ccccc2)ccc1=O)NCCC(c1ccccc1)c1ccccc1. The van der Waals surface area contributed by atoms with Gasteiger partial charge in [-0.25, -0.2) is 4.68 Å². The summed E-state index contributed by atoms with van der Waals surface area (Å²) in [6, 6.07) is 33.3. The lowest BCUT2D eigenvalue weighted by molar-refractivity contribution is -0.121. The maximum Gasteiger partial charge on any atom is 0.267 e. The Morgan fingerprint density at radius 2 is 1.34 bits per heavy atom.